The summed E-state index contributed by atoms with van der Waals surface area (Å²) in [5, 5.41) is 1.49. The van der Waals surface area contributed by atoms with E-state index in [-0.39, 0.29) is 0 Å². The summed E-state index contributed by atoms with van der Waals surface area (Å²) in [6, 6.07) is 6.54. The van der Waals surface area contributed by atoms with Crippen LogP contribution in [0.4, 0.5) is 5.69 Å². The molecule has 0 spiro atoms. The van der Waals surface area contributed by atoms with Gasteiger partial charge in [0, 0.05) is 30.7 Å². The zero-order valence-corrected chi connectivity index (χ0v) is 12.6. The Morgan fingerprint density at radius 3 is 2.68 bits per heavy atom. The van der Waals surface area contributed by atoms with Crippen LogP contribution in [-0.2, 0) is 0 Å². The molecule has 0 amide bonds. The monoisotopic (exact) mass is 298 g/mol. The van der Waals surface area contributed by atoms with E-state index in [0.29, 0.717) is 11.1 Å². The van der Waals surface area contributed by atoms with Gasteiger partial charge in [-0.3, -0.25) is 4.90 Å². The van der Waals surface area contributed by atoms with Gasteiger partial charge >= 0.3 is 0 Å². The maximum Gasteiger partial charge on any atom is 0.0654 e. The van der Waals surface area contributed by atoms with Crippen molar-refractivity contribution in [3.05, 3.63) is 28.2 Å². The fourth-order valence-corrected chi connectivity index (χ4v) is 3.86. The van der Waals surface area contributed by atoms with E-state index in [1.807, 2.05) is 12.1 Å². The molecule has 0 bridgehead atoms. The molecule has 0 aliphatic carbocycles. The van der Waals surface area contributed by atoms with Gasteiger partial charge in [-0.15, -0.1) is 0 Å². The van der Waals surface area contributed by atoms with Gasteiger partial charge in [0.05, 0.1) is 10.7 Å². The summed E-state index contributed by atoms with van der Waals surface area (Å²) in [5.41, 5.74) is 1.14. The largest absolute Gasteiger partial charge is 0.369 e. The van der Waals surface area contributed by atoms with Crippen molar-refractivity contribution in [3.63, 3.8) is 0 Å². The molecule has 1 unspecified atom stereocenters. The first-order valence-corrected chi connectivity index (χ1v) is 7.94. The molecule has 2 saturated heterocycles. The number of fused-ring (bicyclic) bond motifs is 1. The van der Waals surface area contributed by atoms with Crippen molar-refractivity contribution >= 4 is 28.9 Å². The van der Waals surface area contributed by atoms with Gasteiger partial charge in [0.25, 0.3) is 0 Å². The van der Waals surface area contributed by atoms with Crippen LogP contribution >= 0.6 is 23.2 Å². The Morgan fingerprint density at radius 2 is 1.84 bits per heavy atom. The summed E-state index contributed by atoms with van der Waals surface area (Å²) in [7, 11) is 0. The molecule has 104 valence electrons. The van der Waals surface area contributed by atoms with Crippen molar-refractivity contribution in [2.24, 2.45) is 0 Å². The zero-order valence-electron chi connectivity index (χ0n) is 11.1. The smallest absolute Gasteiger partial charge is 0.0654 e. The Kier molecular flexibility index (Phi) is 4.21. The Hall–Kier alpha value is -0.440. The molecule has 2 fully saturated rings. The highest BCUT2D eigenvalue weighted by Gasteiger charge is 2.27. The second kappa shape index (κ2) is 5.90. The van der Waals surface area contributed by atoms with Crippen molar-refractivity contribution < 1.29 is 0 Å². The van der Waals surface area contributed by atoms with Gasteiger partial charge in [-0.1, -0.05) is 29.6 Å². The molecule has 4 heteroatoms. The van der Waals surface area contributed by atoms with Gasteiger partial charge in [0.2, 0.25) is 0 Å². The summed E-state index contributed by atoms with van der Waals surface area (Å²) >= 11 is 12.3. The van der Waals surface area contributed by atoms with Crippen LogP contribution in [0.1, 0.15) is 25.7 Å². The van der Waals surface area contributed by atoms with E-state index in [2.05, 4.69) is 15.9 Å². The minimum absolute atomic E-state index is 0.697. The lowest BCUT2D eigenvalue weighted by molar-refractivity contribution is 0.162. The third-order valence-corrected chi connectivity index (χ3v) is 4.84. The minimum atomic E-state index is 0.697. The predicted molar refractivity (Wildman–Crippen MR) is 82.5 cm³/mol. The highest BCUT2D eigenvalue weighted by atomic mass is 35.5. The molecule has 2 nitrogen and oxygen atoms in total. The molecule has 2 aliphatic rings. The summed E-state index contributed by atoms with van der Waals surface area (Å²) in [5.74, 6) is 0. The number of piperidine rings is 1. The number of halogens is 2. The fraction of sp³-hybridized carbons (Fsp3) is 0.600. The summed E-state index contributed by atoms with van der Waals surface area (Å²) in [6.45, 7) is 4.69. The number of rotatable bonds is 1. The van der Waals surface area contributed by atoms with E-state index < -0.39 is 0 Å². The van der Waals surface area contributed by atoms with Crippen molar-refractivity contribution in [1.82, 2.24) is 4.90 Å². The van der Waals surface area contributed by atoms with E-state index in [1.165, 1.54) is 38.8 Å². The number of benzene rings is 1. The van der Waals surface area contributed by atoms with Crippen LogP contribution in [0.25, 0.3) is 0 Å². The minimum Gasteiger partial charge on any atom is -0.369 e. The molecule has 0 N–H and O–H groups in total. The maximum absolute atomic E-state index is 6.35. The van der Waals surface area contributed by atoms with Gasteiger partial charge in [-0.05, 0) is 44.0 Å². The van der Waals surface area contributed by atoms with Crippen molar-refractivity contribution in [2.45, 2.75) is 31.7 Å². The highest BCUT2D eigenvalue weighted by molar-refractivity contribution is 6.36. The topological polar surface area (TPSA) is 6.48 Å². The molecule has 0 radical (unpaired) electrons. The molecule has 19 heavy (non-hydrogen) atoms. The number of nitrogens with zero attached hydrogens (tertiary/aromatic N) is 2. The van der Waals surface area contributed by atoms with Gasteiger partial charge in [-0.25, -0.2) is 0 Å². The van der Waals surface area contributed by atoms with Gasteiger partial charge < -0.3 is 4.90 Å². The second-order valence-corrected chi connectivity index (χ2v) is 6.42. The molecule has 2 heterocycles. The van der Waals surface area contributed by atoms with E-state index >= 15 is 0 Å². The lowest BCUT2D eigenvalue weighted by Crippen LogP contribution is -2.44. The normalized spacial score (nSPS) is 24.9. The molecule has 1 atom stereocenters. The van der Waals surface area contributed by atoms with Gasteiger partial charge in [-0.2, -0.15) is 0 Å². The molecule has 1 aromatic carbocycles. The van der Waals surface area contributed by atoms with Crippen LogP contribution < -0.4 is 4.90 Å². The van der Waals surface area contributed by atoms with E-state index in [1.54, 1.807) is 0 Å². The molecular weight excluding hydrogens is 279 g/mol. The number of hydrogen-bond donors (Lipinski definition) is 0. The van der Waals surface area contributed by atoms with Crippen molar-refractivity contribution in [3.8, 4) is 0 Å². The summed E-state index contributed by atoms with van der Waals surface area (Å²) in [6.07, 6.45) is 5.26. The maximum atomic E-state index is 6.35. The van der Waals surface area contributed by atoms with Crippen LogP contribution in [0.2, 0.25) is 10.0 Å². The van der Waals surface area contributed by atoms with Gasteiger partial charge in [0.1, 0.15) is 0 Å². The standard InChI is InChI=1S/C15H20Cl2N2/c16-12-5-6-15(14(17)10-12)19-9-3-8-18-7-2-1-4-13(18)11-19/h5-6,10,13H,1-4,7-9,11H2. The Morgan fingerprint density at radius 1 is 1.00 bits per heavy atom. The molecule has 2 aliphatic heterocycles. The molecular formula is C15H20Cl2N2. The first-order chi connectivity index (χ1) is 9.24. The van der Waals surface area contributed by atoms with Crippen LogP contribution in [0.3, 0.4) is 0 Å². The van der Waals surface area contributed by atoms with Crippen molar-refractivity contribution in [2.75, 3.05) is 31.1 Å². The second-order valence-electron chi connectivity index (χ2n) is 5.58. The third kappa shape index (κ3) is 3.01. The average Bonchev–Trinajstić information content (AvgIpc) is 2.60. The molecule has 0 saturated carbocycles. The summed E-state index contributed by atoms with van der Waals surface area (Å²) in [4.78, 5) is 5.10. The van der Waals surface area contributed by atoms with Crippen LogP contribution in [-0.4, -0.2) is 37.1 Å². The van der Waals surface area contributed by atoms with E-state index in [9.17, 15) is 0 Å². The first-order valence-electron chi connectivity index (χ1n) is 7.18. The zero-order chi connectivity index (χ0) is 13.2. The fourth-order valence-electron chi connectivity index (χ4n) is 3.33. The quantitative estimate of drug-likeness (QED) is 0.771. The average molecular weight is 299 g/mol. The summed E-state index contributed by atoms with van der Waals surface area (Å²) < 4.78 is 0. The van der Waals surface area contributed by atoms with E-state index in [0.717, 1.165) is 23.8 Å². The Balaban J connectivity index is 1.80. The lowest BCUT2D eigenvalue weighted by Gasteiger charge is -2.36. The SMILES string of the molecule is Clc1ccc(N2CCCN3CCCCC3C2)c(Cl)c1. The molecule has 0 aromatic heterocycles. The molecule has 3 rings (SSSR count). The third-order valence-electron chi connectivity index (χ3n) is 4.30. The van der Waals surface area contributed by atoms with Crippen LogP contribution in [0, 0.1) is 0 Å². The van der Waals surface area contributed by atoms with Gasteiger partial charge in [0.15, 0.2) is 0 Å². The molecule has 1 aromatic rings. The Labute approximate surface area is 125 Å². The van der Waals surface area contributed by atoms with Crippen LogP contribution in [0.15, 0.2) is 18.2 Å². The number of hydrogen-bond acceptors (Lipinski definition) is 2. The van der Waals surface area contributed by atoms with E-state index in [4.69, 9.17) is 23.2 Å². The Bertz CT molecular complexity index is 450. The van der Waals surface area contributed by atoms with Crippen molar-refractivity contribution in [1.29, 1.82) is 0 Å². The van der Waals surface area contributed by atoms with Crippen LogP contribution in [0.5, 0.6) is 0 Å². The highest BCUT2D eigenvalue weighted by Crippen LogP contribution is 2.31. The lowest BCUT2D eigenvalue weighted by atomic mass is 10.0. The first kappa shape index (κ1) is 13.5. The number of anilines is 1. The predicted octanol–water partition coefficient (Wildman–Crippen LogP) is 4.06.